The Hall–Kier alpha value is -1.64. The van der Waals surface area contributed by atoms with Gasteiger partial charge < -0.3 is 0 Å². The third kappa shape index (κ3) is 1.97. The van der Waals surface area contributed by atoms with E-state index in [0.717, 1.165) is 41.8 Å². The second-order valence-corrected chi connectivity index (χ2v) is 5.79. The summed E-state index contributed by atoms with van der Waals surface area (Å²) in [7, 11) is 0. The van der Waals surface area contributed by atoms with E-state index in [9.17, 15) is 4.79 Å². The first kappa shape index (κ1) is 12.4. The van der Waals surface area contributed by atoms with Crippen LogP contribution in [0.4, 0.5) is 5.69 Å². The molecule has 0 radical (unpaired) electrons. The van der Waals surface area contributed by atoms with Crippen molar-refractivity contribution in [1.29, 1.82) is 0 Å². The van der Waals surface area contributed by atoms with Crippen molar-refractivity contribution in [2.75, 3.05) is 5.01 Å². The first-order valence-corrected chi connectivity index (χ1v) is 7.07. The fourth-order valence-corrected chi connectivity index (χ4v) is 3.37. The summed E-state index contributed by atoms with van der Waals surface area (Å²) in [6.07, 6.45) is 4.27. The normalized spacial score (nSPS) is 22.5. The van der Waals surface area contributed by atoms with Crippen molar-refractivity contribution in [2.45, 2.75) is 46.5 Å². The zero-order valence-corrected chi connectivity index (χ0v) is 11.9. The molecule has 0 bridgehead atoms. The average Bonchev–Trinajstić information content (AvgIpc) is 2.66. The molecule has 1 unspecified atom stereocenters. The van der Waals surface area contributed by atoms with E-state index in [4.69, 9.17) is 0 Å². The molecule has 1 aliphatic carbocycles. The monoisotopic (exact) mass is 256 g/mol. The van der Waals surface area contributed by atoms with Crippen molar-refractivity contribution >= 4 is 17.3 Å². The maximum atomic E-state index is 12.5. The number of anilines is 1. The molecular formula is C16H20N2O. The molecular weight excluding hydrogens is 236 g/mol. The number of carbonyl (C=O) groups excluding carboxylic acids is 1. The summed E-state index contributed by atoms with van der Waals surface area (Å²) < 4.78 is 0. The summed E-state index contributed by atoms with van der Waals surface area (Å²) >= 11 is 0. The van der Waals surface area contributed by atoms with Crippen LogP contribution in [0, 0.1) is 26.7 Å². The number of aryl methyl sites for hydroxylation is 3. The van der Waals surface area contributed by atoms with Crippen molar-refractivity contribution in [3.63, 3.8) is 0 Å². The molecule has 1 aromatic rings. The molecule has 3 nitrogen and oxygen atoms in total. The maximum Gasteiger partial charge on any atom is 0.256 e. The Balaban J connectivity index is 2.04. The van der Waals surface area contributed by atoms with Crippen LogP contribution in [-0.4, -0.2) is 11.6 Å². The standard InChI is InChI=1S/C16H20N2O/c1-10-8-11(2)15(12(3)9-10)18-16(19)13-6-4-5-7-14(13)17-18/h8-9,13H,4-7H2,1-3H3. The fourth-order valence-electron chi connectivity index (χ4n) is 3.37. The van der Waals surface area contributed by atoms with Crippen LogP contribution in [0.5, 0.6) is 0 Å². The van der Waals surface area contributed by atoms with Gasteiger partial charge in [0.05, 0.1) is 17.3 Å². The van der Waals surface area contributed by atoms with Gasteiger partial charge in [-0.3, -0.25) is 4.79 Å². The molecule has 1 saturated carbocycles. The highest BCUT2D eigenvalue weighted by Crippen LogP contribution is 2.35. The van der Waals surface area contributed by atoms with E-state index in [-0.39, 0.29) is 11.8 Å². The van der Waals surface area contributed by atoms with Gasteiger partial charge in [-0.05, 0) is 51.2 Å². The number of hydrogen-bond donors (Lipinski definition) is 0. The number of nitrogens with zero attached hydrogens (tertiary/aromatic N) is 2. The van der Waals surface area contributed by atoms with E-state index in [1.54, 1.807) is 5.01 Å². The predicted molar refractivity (Wildman–Crippen MR) is 77.5 cm³/mol. The fraction of sp³-hybridized carbons (Fsp3) is 0.500. The zero-order valence-electron chi connectivity index (χ0n) is 11.9. The van der Waals surface area contributed by atoms with E-state index in [1.807, 2.05) is 0 Å². The summed E-state index contributed by atoms with van der Waals surface area (Å²) in [5.41, 5.74) is 5.58. The lowest BCUT2D eigenvalue weighted by Gasteiger charge is -2.20. The van der Waals surface area contributed by atoms with Crippen molar-refractivity contribution in [3.8, 4) is 0 Å². The highest BCUT2D eigenvalue weighted by atomic mass is 16.2. The Morgan fingerprint density at radius 1 is 1.16 bits per heavy atom. The third-order valence-electron chi connectivity index (χ3n) is 4.16. The Kier molecular flexibility index (Phi) is 2.92. The molecule has 0 spiro atoms. The van der Waals surface area contributed by atoms with Gasteiger partial charge in [-0.2, -0.15) is 10.1 Å². The van der Waals surface area contributed by atoms with Crippen LogP contribution >= 0.6 is 0 Å². The molecule has 1 atom stereocenters. The van der Waals surface area contributed by atoms with Crippen LogP contribution in [0.2, 0.25) is 0 Å². The zero-order chi connectivity index (χ0) is 13.6. The Morgan fingerprint density at radius 2 is 1.84 bits per heavy atom. The van der Waals surface area contributed by atoms with Crippen LogP contribution < -0.4 is 5.01 Å². The number of rotatable bonds is 1. The Bertz CT molecular complexity index is 551. The molecule has 0 saturated heterocycles. The van der Waals surface area contributed by atoms with E-state index in [2.05, 4.69) is 38.0 Å². The van der Waals surface area contributed by atoms with E-state index in [0.29, 0.717) is 0 Å². The van der Waals surface area contributed by atoms with Gasteiger partial charge in [-0.1, -0.05) is 24.1 Å². The Morgan fingerprint density at radius 3 is 2.47 bits per heavy atom. The van der Waals surface area contributed by atoms with Gasteiger partial charge in [0.25, 0.3) is 5.91 Å². The Labute approximate surface area is 114 Å². The average molecular weight is 256 g/mol. The van der Waals surface area contributed by atoms with E-state index >= 15 is 0 Å². The van der Waals surface area contributed by atoms with Crippen LogP contribution in [-0.2, 0) is 4.79 Å². The molecule has 3 rings (SSSR count). The summed E-state index contributed by atoms with van der Waals surface area (Å²) in [5, 5.41) is 6.28. The highest BCUT2D eigenvalue weighted by molar-refractivity contribution is 6.16. The molecule has 1 amide bonds. The number of benzene rings is 1. The second kappa shape index (κ2) is 4.48. The van der Waals surface area contributed by atoms with Crippen molar-refractivity contribution in [2.24, 2.45) is 11.0 Å². The first-order chi connectivity index (χ1) is 9.08. The van der Waals surface area contributed by atoms with Gasteiger partial charge in [-0.15, -0.1) is 0 Å². The van der Waals surface area contributed by atoms with Crippen LogP contribution in [0.3, 0.4) is 0 Å². The number of hydrogen-bond acceptors (Lipinski definition) is 2. The molecule has 3 heteroatoms. The third-order valence-corrected chi connectivity index (χ3v) is 4.16. The molecule has 0 N–H and O–H groups in total. The van der Waals surface area contributed by atoms with Gasteiger partial charge in [-0.25, -0.2) is 0 Å². The number of amides is 1. The lowest BCUT2D eigenvalue weighted by molar-refractivity contribution is -0.120. The molecule has 0 aromatic heterocycles. The number of hydrazone groups is 1. The number of carbonyl (C=O) groups is 1. The quantitative estimate of drug-likeness (QED) is 0.757. The minimum absolute atomic E-state index is 0.0499. The number of fused-ring (bicyclic) bond motifs is 1. The maximum absolute atomic E-state index is 12.5. The highest BCUT2D eigenvalue weighted by Gasteiger charge is 2.38. The molecule has 1 heterocycles. The smallest absolute Gasteiger partial charge is 0.256 e. The minimum atomic E-state index is 0.0499. The topological polar surface area (TPSA) is 32.7 Å². The van der Waals surface area contributed by atoms with Crippen LogP contribution in [0.25, 0.3) is 0 Å². The minimum Gasteiger partial charge on any atom is -0.272 e. The van der Waals surface area contributed by atoms with Crippen LogP contribution in [0.15, 0.2) is 17.2 Å². The summed E-state index contributed by atoms with van der Waals surface area (Å²) in [5.74, 6) is 0.221. The van der Waals surface area contributed by atoms with Gasteiger partial charge in [0.1, 0.15) is 0 Å². The van der Waals surface area contributed by atoms with Crippen molar-refractivity contribution < 1.29 is 4.79 Å². The molecule has 1 fully saturated rings. The van der Waals surface area contributed by atoms with Crippen molar-refractivity contribution in [3.05, 3.63) is 28.8 Å². The van der Waals surface area contributed by atoms with Crippen molar-refractivity contribution in [1.82, 2.24) is 0 Å². The lowest BCUT2D eigenvalue weighted by Crippen LogP contribution is -2.29. The largest absolute Gasteiger partial charge is 0.272 e. The van der Waals surface area contributed by atoms with E-state index < -0.39 is 0 Å². The second-order valence-electron chi connectivity index (χ2n) is 5.79. The molecule has 2 aliphatic rings. The van der Waals surface area contributed by atoms with Gasteiger partial charge in [0.15, 0.2) is 0 Å². The molecule has 1 aliphatic heterocycles. The summed E-state index contributed by atoms with van der Waals surface area (Å²) in [6, 6.07) is 4.25. The molecule has 19 heavy (non-hydrogen) atoms. The SMILES string of the molecule is Cc1cc(C)c(N2N=C3CCCCC3C2=O)c(C)c1. The van der Waals surface area contributed by atoms with E-state index in [1.165, 1.54) is 12.0 Å². The van der Waals surface area contributed by atoms with Gasteiger partial charge in [0, 0.05) is 0 Å². The summed E-state index contributed by atoms with van der Waals surface area (Å²) in [4.78, 5) is 12.5. The van der Waals surface area contributed by atoms with Crippen LogP contribution in [0.1, 0.15) is 42.4 Å². The predicted octanol–water partition coefficient (Wildman–Crippen LogP) is 3.50. The first-order valence-electron chi connectivity index (χ1n) is 7.07. The van der Waals surface area contributed by atoms with Gasteiger partial charge in [0.2, 0.25) is 0 Å². The lowest BCUT2D eigenvalue weighted by atomic mass is 9.87. The van der Waals surface area contributed by atoms with Gasteiger partial charge >= 0.3 is 0 Å². The molecule has 100 valence electrons. The summed E-state index contributed by atoms with van der Waals surface area (Å²) in [6.45, 7) is 6.21. The molecule has 1 aromatic carbocycles.